The number of ether oxygens (including phenoxy) is 3. The third-order valence-corrected chi connectivity index (χ3v) is 8.27. The Morgan fingerprint density at radius 2 is 1.79 bits per heavy atom. The number of carbonyl (C=O) groups excluding carboxylic acids is 2. The number of hydrogen-bond donors (Lipinski definition) is 0. The summed E-state index contributed by atoms with van der Waals surface area (Å²) in [7, 11) is 1.48. The van der Waals surface area contributed by atoms with Crippen LogP contribution in [-0.2, 0) is 14.3 Å². The highest BCUT2D eigenvalue weighted by atomic mass is 32.2. The van der Waals surface area contributed by atoms with E-state index in [2.05, 4.69) is 0 Å². The second kappa shape index (κ2) is 12.6. The van der Waals surface area contributed by atoms with Crippen LogP contribution in [0.15, 0.2) is 93.1 Å². The molecule has 1 aliphatic heterocycles. The standard InChI is InChI=1S/C32H28N2O6S2/c1-5-39-31(37)27-28(21-9-7-6-8-10-21)33-32-34(29(27)22-12-14-23(41-4)15-13-22)30(36)26(42-32)18-20-11-16-24(40-19(2)35)25(17-20)38-3/h6-18,29H,5H2,1-4H3/b26-18-/t29-/m0/s1. The van der Waals surface area contributed by atoms with Gasteiger partial charge in [0.1, 0.15) is 0 Å². The van der Waals surface area contributed by atoms with Crippen molar-refractivity contribution in [2.24, 2.45) is 4.99 Å². The molecule has 1 aromatic heterocycles. The fourth-order valence-electron chi connectivity index (χ4n) is 4.71. The third kappa shape index (κ3) is 5.81. The van der Waals surface area contributed by atoms with Crippen LogP contribution in [0.4, 0.5) is 0 Å². The van der Waals surface area contributed by atoms with E-state index in [9.17, 15) is 14.4 Å². The van der Waals surface area contributed by atoms with Crippen LogP contribution >= 0.6 is 23.1 Å². The van der Waals surface area contributed by atoms with Gasteiger partial charge in [-0.15, -0.1) is 11.8 Å². The van der Waals surface area contributed by atoms with Crippen LogP contribution in [0, 0.1) is 0 Å². The van der Waals surface area contributed by atoms with E-state index in [1.165, 1.54) is 25.4 Å². The van der Waals surface area contributed by atoms with Crippen LogP contribution in [0.1, 0.15) is 36.6 Å². The van der Waals surface area contributed by atoms with Gasteiger partial charge in [0.05, 0.1) is 35.6 Å². The van der Waals surface area contributed by atoms with Crippen molar-refractivity contribution >= 4 is 46.8 Å². The molecule has 8 nitrogen and oxygen atoms in total. The van der Waals surface area contributed by atoms with E-state index in [1.807, 2.05) is 60.9 Å². The maximum atomic E-state index is 14.1. The molecule has 0 spiro atoms. The minimum atomic E-state index is -0.755. The molecule has 0 radical (unpaired) electrons. The first kappa shape index (κ1) is 29.1. The minimum Gasteiger partial charge on any atom is -0.493 e. The van der Waals surface area contributed by atoms with Gasteiger partial charge >= 0.3 is 11.9 Å². The van der Waals surface area contributed by atoms with Gasteiger partial charge in [0, 0.05) is 17.4 Å². The molecule has 42 heavy (non-hydrogen) atoms. The van der Waals surface area contributed by atoms with Crippen LogP contribution in [0.25, 0.3) is 11.8 Å². The zero-order valence-corrected chi connectivity index (χ0v) is 25.1. The van der Waals surface area contributed by atoms with Gasteiger partial charge in [-0.25, -0.2) is 9.79 Å². The third-order valence-electron chi connectivity index (χ3n) is 6.54. The smallest absolute Gasteiger partial charge is 0.338 e. The molecule has 0 amide bonds. The number of hydrogen-bond acceptors (Lipinski definition) is 9. The van der Waals surface area contributed by atoms with Crippen LogP contribution < -0.4 is 24.4 Å². The number of esters is 2. The first-order chi connectivity index (χ1) is 20.3. The van der Waals surface area contributed by atoms with Crippen molar-refractivity contribution in [3.8, 4) is 11.5 Å². The SMILES string of the molecule is CCOC(=O)C1=C(c2ccccc2)N=c2s/c(=C\c3ccc(OC(C)=O)c(OC)c3)c(=O)n2[C@H]1c1ccc(SC)cc1. The molecule has 4 aromatic rings. The number of thioether (sulfide) groups is 1. The Labute approximate surface area is 250 Å². The number of thiazole rings is 1. The largest absolute Gasteiger partial charge is 0.493 e. The predicted octanol–water partition coefficient (Wildman–Crippen LogP) is 4.59. The van der Waals surface area contributed by atoms with Gasteiger partial charge in [0.2, 0.25) is 0 Å². The second-order valence-corrected chi connectivity index (χ2v) is 11.1. The summed E-state index contributed by atoms with van der Waals surface area (Å²) in [6.07, 6.45) is 3.72. The van der Waals surface area contributed by atoms with Gasteiger partial charge in [-0.2, -0.15) is 0 Å². The molecule has 214 valence electrons. The number of methoxy groups -OCH3 is 1. The van der Waals surface area contributed by atoms with Gasteiger partial charge in [-0.1, -0.05) is 59.9 Å². The fraction of sp³-hybridized carbons (Fsp3) is 0.188. The Morgan fingerprint density at radius 1 is 1.05 bits per heavy atom. The van der Waals surface area contributed by atoms with Gasteiger partial charge in [0.25, 0.3) is 5.56 Å². The highest BCUT2D eigenvalue weighted by Gasteiger charge is 2.35. The Bertz CT molecular complexity index is 1860. The molecule has 5 rings (SSSR count). The lowest BCUT2D eigenvalue weighted by Gasteiger charge is -2.26. The van der Waals surface area contributed by atoms with Crippen molar-refractivity contribution < 1.29 is 23.8 Å². The summed E-state index contributed by atoms with van der Waals surface area (Å²) < 4.78 is 18.1. The number of benzene rings is 3. The van der Waals surface area contributed by atoms with Crippen LogP contribution in [0.2, 0.25) is 0 Å². The zero-order valence-electron chi connectivity index (χ0n) is 23.5. The molecule has 0 saturated heterocycles. The lowest BCUT2D eigenvalue weighted by molar-refractivity contribution is -0.139. The Kier molecular flexibility index (Phi) is 8.75. The van der Waals surface area contributed by atoms with E-state index in [-0.39, 0.29) is 17.9 Å². The molecule has 0 aliphatic carbocycles. The molecule has 0 fully saturated rings. The normalized spacial score (nSPS) is 14.7. The van der Waals surface area contributed by atoms with Crippen molar-refractivity contribution in [2.75, 3.05) is 20.0 Å². The summed E-state index contributed by atoms with van der Waals surface area (Å²) >= 11 is 2.83. The van der Waals surface area contributed by atoms with E-state index >= 15 is 0 Å². The molecular formula is C32H28N2O6S2. The lowest BCUT2D eigenvalue weighted by Crippen LogP contribution is -2.40. The van der Waals surface area contributed by atoms with Gasteiger partial charge < -0.3 is 14.2 Å². The van der Waals surface area contributed by atoms with Crippen molar-refractivity contribution in [1.82, 2.24) is 4.57 Å². The van der Waals surface area contributed by atoms with Crippen LogP contribution in [0.5, 0.6) is 11.5 Å². The van der Waals surface area contributed by atoms with Gasteiger partial charge in [-0.05, 0) is 54.6 Å². The zero-order chi connectivity index (χ0) is 29.8. The number of nitrogens with zero attached hydrogens (tertiary/aromatic N) is 2. The Balaban J connectivity index is 1.76. The second-order valence-electron chi connectivity index (χ2n) is 9.21. The summed E-state index contributed by atoms with van der Waals surface area (Å²) in [6, 6.07) is 21.5. The molecule has 2 heterocycles. The highest BCUT2D eigenvalue weighted by molar-refractivity contribution is 7.98. The summed E-state index contributed by atoms with van der Waals surface area (Å²) in [5.41, 5.74) is 2.64. The average molecular weight is 601 g/mol. The Hall–Kier alpha value is -4.41. The van der Waals surface area contributed by atoms with E-state index in [1.54, 1.807) is 47.5 Å². The van der Waals surface area contributed by atoms with Gasteiger partial charge in [-0.3, -0.25) is 14.2 Å². The molecular weight excluding hydrogens is 572 g/mol. The predicted molar refractivity (Wildman–Crippen MR) is 164 cm³/mol. The lowest BCUT2D eigenvalue weighted by atomic mass is 9.93. The van der Waals surface area contributed by atoms with E-state index < -0.39 is 18.0 Å². The van der Waals surface area contributed by atoms with Crippen LogP contribution in [-0.4, -0.2) is 36.5 Å². The fourth-order valence-corrected chi connectivity index (χ4v) is 6.12. The molecule has 3 aromatic carbocycles. The number of aromatic nitrogens is 1. The summed E-state index contributed by atoms with van der Waals surface area (Å²) in [4.78, 5) is 45.5. The molecule has 1 aliphatic rings. The number of fused-ring (bicyclic) bond motifs is 1. The monoisotopic (exact) mass is 600 g/mol. The van der Waals surface area contributed by atoms with E-state index in [0.29, 0.717) is 31.9 Å². The molecule has 0 unspecified atom stereocenters. The molecule has 0 bridgehead atoms. The van der Waals surface area contributed by atoms with Gasteiger partial charge in [0.15, 0.2) is 16.3 Å². The number of rotatable bonds is 8. The highest BCUT2D eigenvalue weighted by Crippen LogP contribution is 2.36. The summed E-state index contributed by atoms with van der Waals surface area (Å²) in [5, 5.41) is 0. The molecule has 0 N–H and O–H groups in total. The topological polar surface area (TPSA) is 96.2 Å². The van der Waals surface area contributed by atoms with Crippen molar-refractivity contribution in [2.45, 2.75) is 24.8 Å². The maximum absolute atomic E-state index is 14.1. The molecule has 1 atom stereocenters. The average Bonchev–Trinajstić information content (AvgIpc) is 3.31. The quantitative estimate of drug-likeness (QED) is 0.166. The first-order valence-electron chi connectivity index (χ1n) is 13.1. The number of carbonyl (C=O) groups is 2. The van der Waals surface area contributed by atoms with E-state index in [0.717, 1.165) is 16.0 Å². The molecule has 10 heteroatoms. The minimum absolute atomic E-state index is 0.179. The molecule has 0 saturated carbocycles. The summed E-state index contributed by atoms with van der Waals surface area (Å²) in [6.45, 7) is 3.24. The Morgan fingerprint density at radius 3 is 2.43 bits per heavy atom. The summed E-state index contributed by atoms with van der Waals surface area (Å²) in [5.74, 6) is -0.357. The maximum Gasteiger partial charge on any atom is 0.338 e. The van der Waals surface area contributed by atoms with Crippen LogP contribution in [0.3, 0.4) is 0 Å². The van der Waals surface area contributed by atoms with Crippen molar-refractivity contribution in [3.63, 3.8) is 0 Å². The van der Waals surface area contributed by atoms with E-state index in [4.69, 9.17) is 19.2 Å². The van der Waals surface area contributed by atoms with Crippen molar-refractivity contribution in [1.29, 1.82) is 0 Å². The van der Waals surface area contributed by atoms with Crippen molar-refractivity contribution in [3.05, 3.63) is 115 Å². The first-order valence-corrected chi connectivity index (χ1v) is 15.2.